The van der Waals surface area contributed by atoms with Crippen LogP contribution in [0.4, 0.5) is 0 Å². The first-order valence-corrected chi connectivity index (χ1v) is 7.70. The van der Waals surface area contributed by atoms with Crippen LogP contribution >= 0.6 is 22.6 Å². The van der Waals surface area contributed by atoms with Crippen LogP contribution in [0.25, 0.3) is 0 Å². The average molecular weight is 357 g/mol. The third kappa shape index (κ3) is 4.05. The Balaban J connectivity index is 1.84. The third-order valence-corrected chi connectivity index (χ3v) is 4.34. The summed E-state index contributed by atoms with van der Waals surface area (Å²) in [5, 5.41) is 0. The van der Waals surface area contributed by atoms with Crippen molar-refractivity contribution in [1.29, 1.82) is 0 Å². The molecule has 1 aromatic carbocycles. The third-order valence-electron chi connectivity index (χ3n) is 3.62. The number of hydrogen-bond acceptors (Lipinski definition) is 2. The highest BCUT2D eigenvalue weighted by molar-refractivity contribution is 14.1. The Morgan fingerprint density at radius 3 is 2.50 bits per heavy atom. The topological polar surface area (TPSA) is 20.3 Å². The van der Waals surface area contributed by atoms with Gasteiger partial charge in [0.25, 0.3) is 0 Å². The Hall–Kier alpha value is -0.420. The van der Waals surface area contributed by atoms with E-state index in [0.29, 0.717) is 6.54 Å². The van der Waals surface area contributed by atoms with Gasteiger partial charge >= 0.3 is 0 Å². The van der Waals surface area contributed by atoms with E-state index in [1.807, 2.05) is 24.3 Å². The van der Waals surface area contributed by atoms with E-state index >= 15 is 0 Å². The molecule has 0 aliphatic heterocycles. The molecule has 0 amide bonds. The second-order valence-electron chi connectivity index (χ2n) is 5.28. The molecule has 0 unspecified atom stereocenters. The van der Waals surface area contributed by atoms with Crippen molar-refractivity contribution >= 4 is 28.4 Å². The van der Waals surface area contributed by atoms with Gasteiger partial charge in [0.05, 0.1) is 6.54 Å². The van der Waals surface area contributed by atoms with Crippen molar-refractivity contribution in [1.82, 2.24) is 4.90 Å². The van der Waals surface area contributed by atoms with Crippen LogP contribution in [0.5, 0.6) is 0 Å². The van der Waals surface area contributed by atoms with Crippen molar-refractivity contribution in [2.75, 3.05) is 20.1 Å². The number of nitrogens with zero attached hydrogens (tertiary/aromatic N) is 1. The summed E-state index contributed by atoms with van der Waals surface area (Å²) in [6.07, 6.45) is 5.40. The van der Waals surface area contributed by atoms with Crippen LogP contribution in [0.3, 0.4) is 0 Å². The van der Waals surface area contributed by atoms with Gasteiger partial charge in [-0.2, -0.15) is 0 Å². The minimum Gasteiger partial charge on any atom is -0.299 e. The van der Waals surface area contributed by atoms with Gasteiger partial charge < -0.3 is 0 Å². The first-order valence-electron chi connectivity index (χ1n) is 6.62. The highest BCUT2D eigenvalue weighted by Gasteiger charge is 2.18. The Labute approximate surface area is 123 Å². The smallest absolute Gasteiger partial charge is 0.176 e. The van der Waals surface area contributed by atoms with Crippen LogP contribution in [-0.4, -0.2) is 30.8 Å². The molecule has 0 spiro atoms. The van der Waals surface area contributed by atoms with E-state index in [2.05, 4.69) is 34.5 Å². The van der Waals surface area contributed by atoms with E-state index in [9.17, 15) is 4.79 Å². The van der Waals surface area contributed by atoms with Crippen molar-refractivity contribution in [3.63, 3.8) is 0 Å². The van der Waals surface area contributed by atoms with E-state index < -0.39 is 0 Å². The van der Waals surface area contributed by atoms with Gasteiger partial charge in [0.2, 0.25) is 0 Å². The maximum Gasteiger partial charge on any atom is 0.176 e. The van der Waals surface area contributed by atoms with Crippen LogP contribution in [0.15, 0.2) is 24.3 Å². The molecule has 0 aromatic heterocycles. The molecule has 2 nitrogen and oxygen atoms in total. The molecule has 1 saturated carbocycles. The van der Waals surface area contributed by atoms with Gasteiger partial charge in [-0.3, -0.25) is 9.69 Å². The summed E-state index contributed by atoms with van der Waals surface area (Å²) in [5.74, 6) is 1.03. The first kappa shape index (κ1) is 14.0. The molecule has 98 valence electrons. The van der Waals surface area contributed by atoms with Gasteiger partial charge in [-0.25, -0.2) is 0 Å². The quantitative estimate of drug-likeness (QED) is 0.593. The summed E-state index contributed by atoms with van der Waals surface area (Å²) in [6, 6.07) is 7.83. The van der Waals surface area contributed by atoms with Gasteiger partial charge in [-0.15, -0.1) is 0 Å². The summed E-state index contributed by atoms with van der Waals surface area (Å²) in [7, 11) is 2.06. The largest absolute Gasteiger partial charge is 0.299 e. The number of benzene rings is 1. The molecule has 0 atom stereocenters. The zero-order chi connectivity index (χ0) is 13.0. The molecular formula is C15H20INO. The minimum absolute atomic E-state index is 0.229. The first-order chi connectivity index (χ1) is 8.65. The van der Waals surface area contributed by atoms with E-state index in [1.54, 1.807) is 0 Å². The Bertz CT molecular complexity index is 395. The maximum atomic E-state index is 12.1. The molecule has 1 fully saturated rings. The number of ketones is 1. The van der Waals surface area contributed by atoms with Gasteiger partial charge in [0.1, 0.15) is 0 Å². The Morgan fingerprint density at radius 1 is 1.28 bits per heavy atom. The fraction of sp³-hybridized carbons (Fsp3) is 0.533. The summed E-state index contributed by atoms with van der Waals surface area (Å²) in [6.45, 7) is 1.60. The molecule has 1 aliphatic rings. The van der Waals surface area contributed by atoms with Crippen molar-refractivity contribution in [3.05, 3.63) is 33.4 Å². The molecule has 0 radical (unpaired) electrons. The molecular weight excluding hydrogens is 337 g/mol. The van der Waals surface area contributed by atoms with E-state index in [1.165, 1.54) is 29.3 Å². The van der Waals surface area contributed by atoms with E-state index in [0.717, 1.165) is 18.0 Å². The van der Waals surface area contributed by atoms with E-state index in [-0.39, 0.29) is 5.78 Å². The fourth-order valence-corrected chi connectivity index (χ4v) is 3.03. The highest BCUT2D eigenvalue weighted by Crippen LogP contribution is 2.25. The van der Waals surface area contributed by atoms with Crippen LogP contribution in [0, 0.1) is 9.49 Å². The lowest BCUT2D eigenvalue weighted by Crippen LogP contribution is -2.30. The summed E-state index contributed by atoms with van der Waals surface area (Å²) in [4.78, 5) is 14.3. The monoisotopic (exact) mass is 357 g/mol. The lowest BCUT2D eigenvalue weighted by atomic mass is 10.1. The lowest BCUT2D eigenvalue weighted by Gasteiger charge is -2.19. The molecule has 1 aliphatic carbocycles. The summed E-state index contributed by atoms with van der Waals surface area (Å²) < 4.78 is 1.17. The number of likely N-dealkylation sites (N-methyl/N-ethyl adjacent to an activating group) is 1. The zero-order valence-electron chi connectivity index (χ0n) is 10.9. The van der Waals surface area contributed by atoms with Crippen molar-refractivity contribution in [3.8, 4) is 0 Å². The zero-order valence-corrected chi connectivity index (χ0v) is 13.0. The number of Topliss-reactive ketones (excluding diaryl/α,β-unsaturated/α-hetero) is 1. The number of carbonyl (C=O) groups is 1. The van der Waals surface area contributed by atoms with Crippen LogP contribution in [-0.2, 0) is 0 Å². The predicted octanol–water partition coefficient (Wildman–Crippen LogP) is 3.60. The second-order valence-corrected chi connectivity index (χ2v) is 6.52. The lowest BCUT2D eigenvalue weighted by molar-refractivity contribution is 0.0938. The molecule has 18 heavy (non-hydrogen) atoms. The van der Waals surface area contributed by atoms with Gasteiger partial charge in [-0.1, -0.05) is 25.0 Å². The van der Waals surface area contributed by atoms with Gasteiger partial charge in [-0.05, 0) is 60.5 Å². The van der Waals surface area contributed by atoms with Crippen molar-refractivity contribution < 1.29 is 4.79 Å². The molecule has 0 bridgehead atoms. The number of halogens is 1. The average Bonchev–Trinajstić information content (AvgIpc) is 2.82. The predicted molar refractivity (Wildman–Crippen MR) is 82.9 cm³/mol. The Kier molecular flexibility index (Phi) is 5.18. The molecule has 2 rings (SSSR count). The molecule has 3 heteroatoms. The number of carbonyl (C=O) groups excluding carboxylic acids is 1. The van der Waals surface area contributed by atoms with Crippen molar-refractivity contribution in [2.24, 2.45) is 5.92 Å². The molecule has 0 heterocycles. The number of hydrogen-bond donors (Lipinski definition) is 0. The van der Waals surface area contributed by atoms with Gasteiger partial charge in [0.15, 0.2) is 5.78 Å². The SMILES string of the molecule is CN(CC(=O)c1ccc(I)cc1)CC1CCCC1. The second kappa shape index (κ2) is 6.66. The Morgan fingerprint density at radius 2 is 1.89 bits per heavy atom. The van der Waals surface area contributed by atoms with Crippen molar-refractivity contribution in [2.45, 2.75) is 25.7 Å². The van der Waals surface area contributed by atoms with Gasteiger partial charge in [0, 0.05) is 15.7 Å². The van der Waals surface area contributed by atoms with E-state index in [4.69, 9.17) is 0 Å². The standard InChI is InChI=1S/C15H20INO/c1-17(10-12-4-2-3-5-12)11-15(18)13-6-8-14(16)9-7-13/h6-9,12H,2-5,10-11H2,1H3. The minimum atomic E-state index is 0.229. The number of rotatable bonds is 5. The highest BCUT2D eigenvalue weighted by atomic mass is 127. The fourth-order valence-electron chi connectivity index (χ4n) is 2.67. The molecule has 1 aromatic rings. The maximum absolute atomic E-state index is 12.1. The van der Waals surface area contributed by atoms with Crippen LogP contribution in [0.1, 0.15) is 36.0 Å². The summed E-state index contributed by atoms with van der Waals surface area (Å²) in [5.41, 5.74) is 0.827. The summed E-state index contributed by atoms with van der Waals surface area (Å²) >= 11 is 2.26. The van der Waals surface area contributed by atoms with Crippen LogP contribution < -0.4 is 0 Å². The molecule has 0 N–H and O–H groups in total. The molecule has 0 saturated heterocycles. The normalized spacial score (nSPS) is 16.4. The van der Waals surface area contributed by atoms with Crippen LogP contribution in [0.2, 0.25) is 0 Å².